The van der Waals surface area contributed by atoms with E-state index in [0.717, 1.165) is 30.3 Å². The highest BCUT2D eigenvalue weighted by atomic mass is 16.5. The van der Waals surface area contributed by atoms with Crippen molar-refractivity contribution in [1.29, 1.82) is 0 Å². The van der Waals surface area contributed by atoms with Crippen molar-refractivity contribution in [2.45, 2.75) is 33.6 Å². The molecule has 0 unspecified atom stereocenters. The maximum atomic E-state index is 12.3. The topological polar surface area (TPSA) is 29.5 Å². The third-order valence-electron chi connectivity index (χ3n) is 4.59. The zero-order valence-corrected chi connectivity index (χ0v) is 13.7. The lowest BCUT2D eigenvalue weighted by Gasteiger charge is -2.38. The highest BCUT2D eigenvalue weighted by molar-refractivity contribution is 5.97. The van der Waals surface area contributed by atoms with E-state index in [1.54, 1.807) is 7.11 Å². The second kappa shape index (κ2) is 6.61. The number of ketones is 1. The number of carbonyl (C=O) groups is 1. The lowest BCUT2D eigenvalue weighted by molar-refractivity contribution is 0.0822. The Hall–Kier alpha value is -1.35. The first-order chi connectivity index (χ1) is 9.90. The van der Waals surface area contributed by atoms with E-state index in [-0.39, 0.29) is 5.78 Å². The van der Waals surface area contributed by atoms with Crippen molar-refractivity contribution in [2.24, 2.45) is 11.3 Å². The molecule has 0 aliphatic carbocycles. The minimum absolute atomic E-state index is 0.201. The molecule has 1 saturated heterocycles. The number of hydrogen-bond acceptors (Lipinski definition) is 3. The van der Waals surface area contributed by atoms with Crippen molar-refractivity contribution >= 4 is 5.78 Å². The second-order valence-electron chi connectivity index (χ2n) is 7.07. The molecule has 0 spiro atoms. The SMILES string of the molecule is COc1ccc(C(=O)CN2CCC(C(C)(C)C)CC2)cc1. The Morgan fingerprint density at radius 1 is 1.19 bits per heavy atom. The lowest BCUT2D eigenvalue weighted by Crippen LogP contribution is -2.40. The van der Waals surface area contributed by atoms with Crippen LogP contribution in [-0.4, -0.2) is 37.4 Å². The van der Waals surface area contributed by atoms with Gasteiger partial charge in [0.2, 0.25) is 0 Å². The minimum atomic E-state index is 0.201. The zero-order chi connectivity index (χ0) is 15.5. The lowest BCUT2D eigenvalue weighted by atomic mass is 9.75. The fraction of sp³-hybridized carbons (Fsp3) is 0.611. The van der Waals surface area contributed by atoms with Crippen LogP contribution < -0.4 is 4.74 Å². The standard InChI is InChI=1S/C18H27NO2/c1-18(2,3)15-9-11-19(12-10-15)13-17(20)14-5-7-16(21-4)8-6-14/h5-8,15H,9-13H2,1-4H3. The quantitative estimate of drug-likeness (QED) is 0.793. The molecule has 1 fully saturated rings. The van der Waals surface area contributed by atoms with E-state index in [1.165, 1.54) is 12.8 Å². The second-order valence-corrected chi connectivity index (χ2v) is 7.07. The van der Waals surface area contributed by atoms with Crippen LogP contribution in [0.3, 0.4) is 0 Å². The van der Waals surface area contributed by atoms with Crippen LogP contribution in [0.1, 0.15) is 44.0 Å². The summed E-state index contributed by atoms with van der Waals surface area (Å²) in [6, 6.07) is 7.39. The predicted molar refractivity (Wildman–Crippen MR) is 85.9 cm³/mol. The molecule has 1 aromatic rings. The largest absolute Gasteiger partial charge is 0.497 e. The zero-order valence-electron chi connectivity index (χ0n) is 13.7. The highest BCUT2D eigenvalue weighted by Gasteiger charge is 2.29. The summed E-state index contributed by atoms with van der Waals surface area (Å²) in [5.74, 6) is 1.76. The van der Waals surface area contributed by atoms with Crippen molar-refractivity contribution in [3.8, 4) is 5.75 Å². The van der Waals surface area contributed by atoms with Gasteiger partial charge < -0.3 is 4.74 Å². The molecule has 2 rings (SSSR count). The van der Waals surface area contributed by atoms with Crippen LogP contribution in [0.15, 0.2) is 24.3 Å². The van der Waals surface area contributed by atoms with Crippen molar-refractivity contribution < 1.29 is 9.53 Å². The van der Waals surface area contributed by atoms with E-state index in [9.17, 15) is 4.79 Å². The van der Waals surface area contributed by atoms with E-state index in [4.69, 9.17) is 4.74 Å². The molecule has 1 aliphatic rings. The molecule has 1 heterocycles. The molecular weight excluding hydrogens is 262 g/mol. The fourth-order valence-corrected chi connectivity index (χ4v) is 3.03. The Morgan fingerprint density at radius 3 is 2.24 bits per heavy atom. The maximum absolute atomic E-state index is 12.3. The summed E-state index contributed by atoms with van der Waals surface area (Å²) >= 11 is 0. The normalized spacial score (nSPS) is 17.7. The average Bonchev–Trinajstić information content (AvgIpc) is 2.47. The van der Waals surface area contributed by atoms with Gasteiger partial charge in [-0.3, -0.25) is 9.69 Å². The number of benzene rings is 1. The summed E-state index contributed by atoms with van der Waals surface area (Å²) in [7, 11) is 1.64. The van der Waals surface area contributed by atoms with E-state index < -0.39 is 0 Å². The van der Waals surface area contributed by atoms with Crippen LogP contribution in [0.5, 0.6) is 5.75 Å². The number of ether oxygens (including phenoxy) is 1. The van der Waals surface area contributed by atoms with Crippen molar-refractivity contribution in [2.75, 3.05) is 26.7 Å². The van der Waals surface area contributed by atoms with Gasteiger partial charge in [-0.15, -0.1) is 0 Å². The molecule has 3 nitrogen and oxygen atoms in total. The summed E-state index contributed by atoms with van der Waals surface area (Å²) in [6.07, 6.45) is 2.39. The molecule has 0 aromatic heterocycles. The number of Topliss-reactive ketones (excluding diaryl/α,β-unsaturated/α-hetero) is 1. The first-order valence-electron chi connectivity index (χ1n) is 7.80. The average molecular weight is 289 g/mol. The third-order valence-corrected chi connectivity index (χ3v) is 4.59. The summed E-state index contributed by atoms with van der Waals surface area (Å²) in [5.41, 5.74) is 1.15. The molecule has 0 bridgehead atoms. The fourth-order valence-electron chi connectivity index (χ4n) is 3.03. The van der Waals surface area contributed by atoms with Gasteiger partial charge in [-0.1, -0.05) is 20.8 Å². The van der Waals surface area contributed by atoms with Crippen LogP contribution in [0.25, 0.3) is 0 Å². The number of piperidine rings is 1. The summed E-state index contributed by atoms with van der Waals surface area (Å²) in [5, 5.41) is 0. The van der Waals surface area contributed by atoms with Gasteiger partial charge in [-0.2, -0.15) is 0 Å². The Labute approximate surface area is 128 Å². The van der Waals surface area contributed by atoms with Crippen LogP contribution >= 0.6 is 0 Å². The van der Waals surface area contributed by atoms with Gasteiger partial charge in [0.1, 0.15) is 5.75 Å². The minimum Gasteiger partial charge on any atom is -0.497 e. The molecular formula is C18H27NO2. The molecule has 0 saturated carbocycles. The van der Waals surface area contributed by atoms with Gasteiger partial charge in [-0.25, -0.2) is 0 Å². The Bertz CT molecular complexity index is 465. The number of rotatable bonds is 4. The summed E-state index contributed by atoms with van der Waals surface area (Å²) < 4.78 is 5.12. The molecule has 116 valence electrons. The van der Waals surface area contributed by atoms with Crippen molar-refractivity contribution in [3.63, 3.8) is 0 Å². The Balaban J connectivity index is 1.86. The van der Waals surface area contributed by atoms with E-state index in [0.29, 0.717) is 12.0 Å². The smallest absolute Gasteiger partial charge is 0.176 e. The molecule has 0 radical (unpaired) electrons. The molecule has 0 amide bonds. The molecule has 21 heavy (non-hydrogen) atoms. The highest BCUT2D eigenvalue weighted by Crippen LogP contribution is 2.34. The molecule has 0 N–H and O–H groups in total. The van der Waals surface area contributed by atoms with E-state index in [2.05, 4.69) is 25.7 Å². The van der Waals surface area contributed by atoms with Crippen LogP contribution in [0.4, 0.5) is 0 Å². The Kier molecular flexibility index (Phi) is 5.04. The number of carbonyl (C=O) groups excluding carboxylic acids is 1. The van der Waals surface area contributed by atoms with Gasteiger partial charge in [0.15, 0.2) is 5.78 Å². The number of nitrogens with zero attached hydrogens (tertiary/aromatic N) is 1. The van der Waals surface area contributed by atoms with E-state index >= 15 is 0 Å². The number of methoxy groups -OCH3 is 1. The molecule has 0 atom stereocenters. The van der Waals surface area contributed by atoms with Gasteiger partial charge in [0.05, 0.1) is 13.7 Å². The van der Waals surface area contributed by atoms with Crippen molar-refractivity contribution in [1.82, 2.24) is 4.90 Å². The van der Waals surface area contributed by atoms with Gasteiger partial charge >= 0.3 is 0 Å². The number of likely N-dealkylation sites (tertiary alicyclic amines) is 1. The maximum Gasteiger partial charge on any atom is 0.176 e. The van der Waals surface area contributed by atoms with Gasteiger partial charge in [0, 0.05) is 5.56 Å². The van der Waals surface area contributed by atoms with Crippen LogP contribution in [-0.2, 0) is 0 Å². The Morgan fingerprint density at radius 2 is 1.76 bits per heavy atom. The molecule has 3 heteroatoms. The van der Waals surface area contributed by atoms with Crippen LogP contribution in [0, 0.1) is 11.3 Å². The summed E-state index contributed by atoms with van der Waals surface area (Å²) in [4.78, 5) is 14.6. The first kappa shape index (κ1) is 16.0. The predicted octanol–water partition coefficient (Wildman–Crippen LogP) is 3.64. The van der Waals surface area contributed by atoms with E-state index in [1.807, 2.05) is 24.3 Å². The molecule has 1 aromatic carbocycles. The summed E-state index contributed by atoms with van der Waals surface area (Å²) in [6.45, 7) is 9.54. The van der Waals surface area contributed by atoms with Crippen LogP contribution in [0.2, 0.25) is 0 Å². The third kappa shape index (κ3) is 4.31. The van der Waals surface area contributed by atoms with Gasteiger partial charge in [-0.05, 0) is 61.5 Å². The van der Waals surface area contributed by atoms with Gasteiger partial charge in [0.25, 0.3) is 0 Å². The molecule has 1 aliphatic heterocycles. The van der Waals surface area contributed by atoms with Crippen molar-refractivity contribution in [3.05, 3.63) is 29.8 Å². The first-order valence-corrected chi connectivity index (χ1v) is 7.80. The monoisotopic (exact) mass is 289 g/mol. The number of hydrogen-bond donors (Lipinski definition) is 0.